The van der Waals surface area contributed by atoms with Crippen molar-refractivity contribution in [1.29, 1.82) is 0 Å². The third-order valence-corrected chi connectivity index (χ3v) is 4.83. The Balaban J connectivity index is 1.44. The first-order valence-corrected chi connectivity index (χ1v) is 9.48. The van der Waals surface area contributed by atoms with Gasteiger partial charge in [-0.05, 0) is 49.1 Å². The van der Waals surface area contributed by atoms with Crippen LogP contribution in [0, 0.1) is 0 Å². The van der Waals surface area contributed by atoms with Gasteiger partial charge in [0.2, 0.25) is 5.91 Å². The molecule has 1 aliphatic rings. The molecule has 1 aliphatic heterocycles. The number of hydrogen-bond acceptors (Lipinski definition) is 3. The molecule has 3 rings (SSSR count). The van der Waals surface area contributed by atoms with Crippen molar-refractivity contribution in [2.24, 2.45) is 0 Å². The van der Waals surface area contributed by atoms with Gasteiger partial charge in [-0.2, -0.15) is 0 Å². The lowest BCUT2D eigenvalue weighted by Gasteiger charge is -2.29. The lowest BCUT2D eigenvalue weighted by atomic mass is 10.1. The summed E-state index contributed by atoms with van der Waals surface area (Å²) in [5, 5.41) is 0. The van der Waals surface area contributed by atoms with Crippen molar-refractivity contribution in [2.45, 2.75) is 32.2 Å². The maximum absolute atomic E-state index is 12.3. The molecule has 0 saturated carbocycles. The van der Waals surface area contributed by atoms with Gasteiger partial charge in [0.1, 0.15) is 5.75 Å². The summed E-state index contributed by atoms with van der Waals surface area (Å²) in [6, 6.07) is 18.2. The summed E-state index contributed by atoms with van der Waals surface area (Å²) in [6.07, 6.45) is 4.29. The van der Waals surface area contributed by atoms with E-state index in [1.807, 2.05) is 37.4 Å². The molecule has 1 amide bonds. The number of amides is 1. The van der Waals surface area contributed by atoms with E-state index in [-0.39, 0.29) is 5.91 Å². The Morgan fingerprint density at radius 3 is 2.38 bits per heavy atom. The molecule has 4 heteroatoms. The zero-order valence-electron chi connectivity index (χ0n) is 15.6. The number of nitrogens with zero attached hydrogens (tertiary/aromatic N) is 2. The maximum Gasteiger partial charge on any atom is 0.226 e. The summed E-state index contributed by atoms with van der Waals surface area (Å²) in [4.78, 5) is 16.5. The number of benzene rings is 2. The van der Waals surface area contributed by atoms with E-state index in [9.17, 15) is 4.79 Å². The second-order valence-corrected chi connectivity index (χ2v) is 6.88. The second-order valence-electron chi connectivity index (χ2n) is 6.88. The Labute approximate surface area is 156 Å². The van der Waals surface area contributed by atoms with Crippen molar-refractivity contribution < 1.29 is 9.53 Å². The molecule has 0 atom stereocenters. The quantitative estimate of drug-likeness (QED) is 0.752. The maximum atomic E-state index is 12.3. The largest absolute Gasteiger partial charge is 0.493 e. The highest BCUT2D eigenvalue weighted by atomic mass is 16.5. The molecule has 0 aliphatic carbocycles. The van der Waals surface area contributed by atoms with Crippen LogP contribution in [0.1, 0.15) is 31.2 Å². The minimum Gasteiger partial charge on any atom is -0.493 e. The average molecular weight is 352 g/mol. The lowest BCUT2D eigenvalue weighted by Crippen LogP contribution is -2.29. The number of carbonyl (C=O) groups is 1. The highest BCUT2D eigenvalue weighted by Crippen LogP contribution is 2.20. The molecule has 2 aromatic rings. The molecule has 0 unspecified atom stereocenters. The molecule has 2 aromatic carbocycles. The fraction of sp³-hybridized carbons (Fsp3) is 0.409. The molecule has 0 aromatic heterocycles. The molecule has 1 heterocycles. The van der Waals surface area contributed by atoms with Gasteiger partial charge >= 0.3 is 0 Å². The van der Waals surface area contributed by atoms with Gasteiger partial charge in [-0.25, -0.2) is 0 Å². The second kappa shape index (κ2) is 9.27. The van der Waals surface area contributed by atoms with E-state index in [4.69, 9.17) is 4.74 Å². The Morgan fingerprint density at radius 2 is 1.69 bits per heavy atom. The van der Waals surface area contributed by atoms with Crippen molar-refractivity contribution in [2.75, 3.05) is 31.6 Å². The molecular formula is C22H28N2O2. The molecule has 1 fully saturated rings. The number of piperidine rings is 1. The SMILES string of the molecule is CN(Cc1ccc(N2CCCCC2)cc1)C(=O)CCOc1ccccc1. The first-order chi connectivity index (χ1) is 12.7. The standard InChI is InChI=1S/C22H28N2O2/c1-23(22(25)14-17-26-21-8-4-2-5-9-21)18-19-10-12-20(13-11-19)24-15-6-3-7-16-24/h2,4-5,8-13H,3,6-7,14-18H2,1H3. The Hall–Kier alpha value is -2.49. The third kappa shape index (κ3) is 5.25. The molecule has 0 bridgehead atoms. The van der Waals surface area contributed by atoms with E-state index in [2.05, 4.69) is 29.2 Å². The van der Waals surface area contributed by atoms with E-state index in [0.29, 0.717) is 19.6 Å². The number of rotatable bonds is 7. The van der Waals surface area contributed by atoms with Crippen LogP contribution in [0.2, 0.25) is 0 Å². The monoisotopic (exact) mass is 352 g/mol. The van der Waals surface area contributed by atoms with Crippen LogP contribution >= 0.6 is 0 Å². The fourth-order valence-electron chi connectivity index (χ4n) is 3.29. The van der Waals surface area contributed by atoms with Gasteiger partial charge in [-0.3, -0.25) is 4.79 Å². The van der Waals surface area contributed by atoms with Crippen LogP contribution in [0.4, 0.5) is 5.69 Å². The number of para-hydroxylation sites is 1. The summed E-state index contributed by atoms with van der Waals surface area (Å²) in [5.74, 6) is 0.900. The van der Waals surface area contributed by atoms with Gasteiger partial charge < -0.3 is 14.5 Å². The van der Waals surface area contributed by atoms with E-state index in [1.165, 1.54) is 24.9 Å². The van der Waals surface area contributed by atoms with Crippen LogP contribution in [0.3, 0.4) is 0 Å². The molecule has 0 spiro atoms. The molecule has 4 nitrogen and oxygen atoms in total. The van der Waals surface area contributed by atoms with Gasteiger partial charge in [0, 0.05) is 32.4 Å². The van der Waals surface area contributed by atoms with Crippen molar-refractivity contribution >= 4 is 11.6 Å². The third-order valence-electron chi connectivity index (χ3n) is 4.83. The topological polar surface area (TPSA) is 32.8 Å². The Morgan fingerprint density at radius 1 is 1.00 bits per heavy atom. The highest BCUT2D eigenvalue weighted by Gasteiger charge is 2.12. The van der Waals surface area contributed by atoms with Crippen LogP contribution in [-0.2, 0) is 11.3 Å². The van der Waals surface area contributed by atoms with Crippen LogP contribution in [-0.4, -0.2) is 37.6 Å². The molecule has 26 heavy (non-hydrogen) atoms. The normalized spacial score (nSPS) is 14.1. The van der Waals surface area contributed by atoms with Crippen molar-refractivity contribution in [3.8, 4) is 5.75 Å². The van der Waals surface area contributed by atoms with Crippen molar-refractivity contribution in [1.82, 2.24) is 4.90 Å². The number of hydrogen-bond donors (Lipinski definition) is 0. The first-order valence-electron chi connectivity index (χ1n) is 9.48. The Bertz CT molecular complexity index is 679. The molecule has 0 radical (unpaired) electrons. The van der Waals surface area contributed by atoms with Gasteiger partial charge in [0.15, 0.2) is 0 Å². The highest BCUT2D eigenvalue weighted by molar-refractivity contribution is 5.76. The predicted molar refractivity (Wildman–Crippen MR) is 106 cm³/mol. The van der Waals surface area contributed by atoms with E-state index in [0.717, 1.165) is 24.4 Å². The van der Waals surface area contributed by atoms with Gasteiger partial charge in [-0.15, -0.1) is 0 Å². The van der Waals surface area contributed by atoms with Gasteiger partial charge in [0.25, 0.3) is 0 Å². The first kappa shape index (κ1) is 18.3. The molecule has 1 saturated heterocycles. The number of carbonyl (C=O) groups excluding carboxylic acids is 1. The summed E-state index contributed by atoms with van der Waals surface area (Å²) in [7, 11) is 1.85. The van der Waals surface area contributed by atoms with E-state index >= 15 is 0 Å². The summed E-state index contributed by atoms with van der Waals surface area (Å²) in [5.41, 5.74) is 2.45. The molecule has 0 N–H and O–H groups in total. The van der Waals surface area contributed by atoms with Crippen LogP contribution < -0.4 is 9.64 Å². The smallest absolute Gasteiger partial charge is 0.226 e. The predicted octanol–water partition coefficient (Wildman–Crippen LogP) is 4.10. The van der Waals surface area contributed by atoms with Crippen LogP contribution in [0.25, 0.3) is 0 Å². The van der Waals surface area contributed by atoms with Crippen LogP contribution in [0.15, 0.2) is 54.6 Å². The average Bonchev–Trinajstić information content (AvgIpc) is 2.70. The van der Waals surface area contributed by atoms with Gasteiger partial charge in [-0.1, -0.05) is 30.3 Å². The van der Waals surface area contributed by atoms with Crippen LogP contribution in [0.5, 0.6) is 5.75 Å². The molecular weight excluding hydrogens is 324 g/mol. The lowest BCUT2D eigenvalue weighted by molar-refractivity contribution is -0.130. The summed E-state index contributed by atoms with van der Waals surface area (Å²) >= 11 is 0. The molecule has 138 valence electrons. The van der Waals surface area contributed by atoms with Crippen molar-refractivity contribution in [3.05, 3.63) is 60.2 Å². The van der Waals surface area contributed by atoms with Gasteiger partial charge in [0.05, 0.1) is 13.0 Å². The number of ether oxygens (including phenoxy) is 1. The summed E-state index contributed by atoms with van der Waals surface area (Å²) in [6.45, 7) is 3.34. The Kier molecular flexibility index (Phi) is 6.53. The fourth-order valence-corrected chi connectivity index (χ4v) is 3.29. The number of anilines is 1. The zero-order chi connectivity index (χ0) is 18.2. The minimum atomic E-state index is 0.0982. The van der Waals surface area contributed by atoms with Crippen molar-refractivity contribution in [3.63, 3.8) is 0 Å². The zero-order valence-corrected chi connectivity index (χ0v) is 15.6. The minimum absolute atomic E-state index is 0.0982. The summed E-state index contributed by atoms with van der Waals surface area (Å²) < 4.78 is 5.61. The van der Waals surface area contributed by atoms with E-state index < -0.39 is 0 Å². The van der Waals surface area contributed by atoms with E-state index in [1.54, 1.807) is 4.90 Å².